The normalized spacial score (nSPS) is 31.2. The fourth-order valence-electron chi connectivity index (χ4n) is 4.03. The molecule has 1 fully saturated rings. The fraction of sp³-hybridized carbons (Fsp3) is 0.765. The van der Waals surface area contributed by atoms with Gasteiger partial charge < -0.3 is 10.2 Å². The number of halogens is 1. The summed E-state index contributed by atoms with van der Waals surface area (Å²) in [7, 11) is 1.89. The standard InChI is InChI=1S/C17H28ClN3S2/c1-6-21(17(22)19-5)15-13(10(2)3)12(9-11(4)14(15)18)16-20-7-8-23-16/h7-8,10-15H,6,9H2,1-5H3,(H,19,22). The Bertz CT molecular complexity index is 506. The van der Waals surface area contributed by atoms with Crippen LogP contribution >= 0.6 is 35.2 Å². The van der Waals surface area contributed by atoms with Gasteiger partial charge in [0.05, 0.1) is 16.4 Å². The quantitative estimate of drug-likeness (QED) is 0.627. The molecule has 1 N–H and O–H groups in total. The molecule has 1 heterocycles. The molecule has 1 aromatic heterocycles. The molecule has 0 spiro atoms. The molecule has 1 aliphatic carbocycles. The van der Waals surface area contributed by atoms with Crippen LogP contribution in [-0.4, -0.2) is 40.0 Å². The Morgan fingerprint density at radius 2 is 2.26 bits per heavy atom. The van der Waals surface area contributed by atoms with Crippen molar-refractivity contribution in [2.24, 2.45) is 17.8 Å². The van der Waals surface area contributed by atoms with Gasteiger partial charge in [0, 0.05) is 31.1 Å². The largest absolute Gasteiger partial charge is 0.366 e. The molecule has 23 heavy (non-hydrogen) atoms. The summed E-state index contributed by atoms with van der Waals surface area (Å²) < 4.78 is 0. The zero-order chi connectivity index (χ0) is 17.1. The van der Waals surface area contributed by atoms with E-state index < -0.39 is 0 Å². The van der Waals surface area contributed by atoms with Crippen LogP contribution in [0.2, 0.25) is 0 Å². The lowest BCUT2D eigenvalue weighted by Crippen LogP contribution is -2.58. The topological polar surface area (TPSA) is 28.2 Å². The third-order valence-electron chi connectivity index (χ3n) is 5.07. The molecule has 3 nitrogen and oxygen atoms in total. The molecule has 1 aliphatic rings. The van der Waals surface area contributed by atoms with Crippen molar-refractivity contribution in [2.75, 3.05) is 13.6 Å². The molecule has 5 unspecified atom stereocenters. The first-order valence-electron chi connectivity index (χ1n) is 8.44. The second-order valence-electron chi connectivity index (χ2n) is 6.79. The Labute approximate surface area is 154 Å². The van der Waals surface area contributed by atoms with E-state index in [1.54, 1.807) is 11.3 Å². The second-order valence-corrected chi connectivity index (χ2v) is 8.60. The van der Waals surface area contributed by atoms with E-state index in [0.717, 1.165) is 18.1 Å². The molecule has 5 atom stereocenters. The molecule has 1 saturated carbocycles. The molecule has 0 bridgehead atoms. The third kappa shape index (κ3) is 3.83. The highest BCUT2D eigenvalue weighted by atomic mass is 35.5. The summed E-state index contributed by atoms with van der Waals surface area (Å²) in [5.41, 5.74) is 0. The minimum atomic E-state index is 0.102. The SMILES string of the molecule is CCN(C(=S)NC)C1C(Cl)C(C)CC(c2nccs2)C1C(C)C. The molecule has 2 rings (SSSR count). The van der Waals surface area contributed by atoms with Crippen molar-refractivity contribution >= 4 is 40.3 Å². The van der Waals surface area contributed by atoms with Crippen LogP contribution in [0.1, 0.15) is 45.0 Å². The van der Waals surface area contributed by atoms with Crippen LogP contribution in [0.5, 0.6) is 0 Å². The first-order chi connectivity index (χ1) is 10.9. The number of rotatable bonds is 4. The maximum atomic E-state index is 6.93. The maximum Gasteiger partial charge on any atom is 0.168 e. The molecule has 0 saturated heterocycles. The summed E-state index contributed by atoms with van der Waals surface area (Å²) in [6.45, 7) is 9.89. The zero-order valence-corrected chi connectivity index (χ0v) is 17.0. The summed E-state index contributed by atoms with van der Waals surface area (Å²) >= 11 is 14.3. The summed E-state index contributed by atoms with van der Waals surface area (Å²) in [5.74, 6) is 1.88. The highest BCUT2D eigenvalue weighted by Crippen LogP contribution is 2.48. The van der Waals surface area contributed by atoms with Crippen LogP contribution in [0.3, 0.4) is 0 Å². The number of hydrogen-bond donors (Lipinski definition) is 1. The molecule has 6 heteroatoms. The van der Waals surface area contributed by atoms with Gasteiger partial charge in [-0.3, -0.25) is 0 Å². The van der Waals surface area contributed by atoms with E-state index >= 15 is 0 Å². The van der Waals surface area contributed by atoms with E-state index in [4.69, 9.17) is 23.8 Å². The van der Waals surface area contributed by atoms with Gasteiger partial charge >= 0.3 is 0 Å². The second kappa shape index (κ2) is 8.13. The Morgan fingerprint density at radius 3 is 2.74 bits per heavy atom. The van der Waals surface area contributed by atoms with Crippen LogP contribution in [0.4, 0.5) is 0 Å². The average Bonchev–Trinajstić information content (AvgIpc) is 3.05. The van der Waals surface area contributed by atoms with Gasteiger partial charge in [-0.25, -0.2) is 4.98 Å². The molecular formula is C17H28ClN3S2. The van der Waals surface area contributed by atoms with Gasteiger partial charge in [-0.15, -0.1) is 22.9 Å². The predicted octanol–water partition coefficient (Wildman–Crippen LogP) is 4.34. The van der Waals surface area contributed by atoms with E-state index in [0.29, 0.717) is 23.7 Å². The Kier molecular flexibility index (Phi) is 6.69. The van der Waals surface area contributed by atoms with Crippen molar-refractivity contribution in [3.05, 3.63) is 16.6 Å². The molecule has 0 aliphatic heterocycles. The number of thiazole rings is 1. The van der Waals surface area contributed by atoms with Crippen LogP contribution in [0, 0.1) is 17.8 Å². The van der Waals surface area contributed by atoms with E-state index in [2.05, 4.69) is 48.3 Å². The average molecular weight is 374 g/mol. The Morgan fingerprint density at radius 1 is 1.57 bits per heavy atom. The number of thiocarbonyl (C=S) groups is 1. The van der Waals surface area contributed by atoms with Crippen molar-refractivity contribution in [3.8, 4) is 0 Å². The summed E-state index contributed by atoms with van der Waals surface area (Å²) in [5, 5.41) is 7.36. The van der Waals surface area contributed by atoms with Gasteiger partial charge in [0.25, 0.3) is 0 Å². The van der Waals surface area contributed by atoms with Gasteiger partial charge in [-0.2, -0.15) is 0 Å². The maximum absolute atomic E-state index is 6.93. The van der Waals surface area contributed by atoms with E-state index in [9.17, 15) is 0 Å². The molecule has 0 radical (unpaired) electrons. The Hall–Kier alpha value is -0.390. The van der Waals surface area contributed by atoms with Crippen molar-refractivity contribution in [1.29, 1.82) is 0 Å². The van der Waals surface area contributed by atoms with Gasteiger partial charge in [0.1, 0.15) is 0 Å². The molecule has 0 aromatic carbocycles. The number of aromatic nitrogens is 1. The van der Waals surface area contributed by atoms with Crippen LogP contribution < -0.4 is 5.32 Å². The first kappa shape index (κ1) is 18.9. The fourth-order valence-corrected chi connectivity index (χ4v) is 5.50. The molecule has 130 valence electrons. The smallest absolute Gasteiger partial charge is 0.168 e. The van der Waals surface area contributed by atoms with Gasteiger partial charge in [0.15, 0.2) is 5.11 Å². The first-order valence-corrected chi connectivity index (χ1v) is 10.2. The van der Waals surface area contributed by atoms with Crippen molar-refractivity contribution in [2.45, 2.75) is 51.5 Å². The lowest BCUT2D eigenvalue weighted by atomic mass is 9.66. The minimum absolute atomic E-state index is 0.102. The minimum Gasteiger partial charge on any atom is -0.366 e. The van der Waals surface area contributed by atoms with Crippen molar-refractivity contribution in [1.82, 2.24) is 15.2 Å². The molecule has 0 amide bonds. The van der Waals surface area contributed by atoms with Crippen molar-refractivity contribution < 1.29 is 0 Å². The molecule has 1 aromatic rings. The third-order valence-corrected chi connectivity index (χ3v) is 7.10. The van der Waals surface area contributed by atoms with Crippen molar-refractivity contribution in [3.63, 3.8) is 0 Å². The highest BCUT2D eigenvalue weighted by Gasteiger charge is 2.47. The summed E-state index contributed by atoms with van der Waals surface area (Å²) in [4.78, 5) is 6.91. The van der Waals surface area contributed by atoms with Gasteiger partial charge in [0.2, 0.25) is 0 Å². The summed E-state index contributed by atoms with van der Waals surface area (Å²) in [6, 6.07) is 0.235. The number of nitrogens with one attached hydrogen (secondary N) is 1. The van der Waals surface area contributed by atoms with E-state index in [1.807, 2.05) is 13.2 Å². The zero-order valence-electron chi connectivity index (χ0n) is 14.6. The lowest BCUT2D eigenvalue weighted by Gasteiger charge is -2.50. The molecular weight excluding hydrogens is 346 g/mol. The Balaban J connectivity index is 2.43. The monoisotopic (exact) mass is 373 g/mol. The number of hydrogen-bond acceptors (Lipinski definition) is 3. The number of alkyl halides is 1. The number of nitrogens with zero attached hydrogens (tertiary/aromatic N) is 2. The highest BCUT2D eigenvalue weighted by molar-refractivity contribution is 7.80. The summed E-state index contributed by atoms with van der Waals surface area (Å²) in [6.07, 6.45) is 3.02. The van der Waals surface area contributed by atoms with E-state index in [1.165, 1.54) is 5.01 Å². The van der Waals surface area contributed by atoms with Crippen LogP contribution in [0.15, 0.2) is 11.6 Å². The predicted molar refractivity (Wildman–Crippen MR) is 104 cm³/mol. The van der Waals surface area contributed by atoms with Gasteiger partial charge in [-0.1, -0.05) is 20.8 Å². The van der Waals surface area contributed by atoms with Crippen LogP contribution in [-0.2, 0) is 0 Å². The lowest BCUT2D eigenvalue weighted by molar-refractivity contribution is 0.0910. The van der Waals surface area contributed by atoms with E-state index in [-0.39, 0.29) is 11.4 Å². The van der Waals surface area contributed by atoms with Crippen LogP contribution in [0.25, 0.3) is 0 Å². The van der Waals surface area contributed by atoms with Gasteiger partial charge in [-0.05, 0) is 43.3 Å².